The Morgan fingerprint density at radius 1 is 1.15 bits per heavy atom. The number of benzene rings is 2. The fraction of sp³-hybridized carbons (Fsp3) is 0.375. The highest BCUT2D eigenvalue weighted by Gasteiger charge is 2.28. The molecule has 246 valence electrons. The van der Waals surface area contributed by atoms with Gasteiger partial charge in [0.1, 0.15) is 17.9 Å². The number of nitriles is 2. The van der Waals surface area contributed by atoms with E-state index in [9.17, 15) is 15.3 Å². The summed E-state index contributed by atoms with van der Waals surface area (Å²) in [6.07, 6.45) is 17.8. The van der Waals surface area contributed by atoms with Crippen LogP contribution in [0, 0.1) is 34.0 Å². The Hall–Kier alpha value is -4.85. The third-order valence-electron chi connectivity index (χ3n) is 8.18. The SMILES string of the molecule is C=C(CC/C=C/OC1=CCCC=C1)c1c(C#N)c(C#N)cc2c1=C(Nc1ccc(C(=O)OCCCC)cc1)CC(C(C)(C)C)C=2.CO. The third-order valence-corrected chi connectivity index (χ3v) is 8.18. The first-order chi connectivity index (χ1) is 22.7. The predicted octanol–water partition coefficient (Wildman–Crippen LogP) is 7.62. The van der Waals surface area contributed by atoms with E-state index >= 15 is 0 Å². The number of allylic oxidation sites excluding steroid dienone is 5. The van der Waals surface area contributed by atoms with Gasteiger partial charge in [0.05, 0.1) is 29.6 Å². The molecule has 0 radical (unpaired) electrons. The minimum absolute atomic E-state index is 0.0393. The number of carbonyl (C=O) groups excluding carboxylic acids is 1. The number of hydrogen-bond acceptors (Lipinski definition) is 7. The number of esters is 1. The number of ether oxygens (including phenoxy) is 2. The van der Waals surface area contributed by atoms with Crippen LogP contribution in [0.4, 0.5) is 5.69 Å². The van der Waals surface area contributed by atoms with Gasteiger partial charge in [-0.15, -0.1) is 0 Å². The number of nitrogens with zero attached hydrogens (tertiary/aromatic N) is 2. The number of carbonyl (C=O) groups is 1. The highest BCUT2D eigenvalue weighted by Crippen LogP contribution is 2.35. The van der Waals surface area contributed by atoms with Gasteiger partial charge in [-0.2, -0.15) is 10.5 Å². The topological polar surface area (TPSA) is 115 Å². The molecule has 0 amide bonds. The molecule has 4 rings (SSSR count). The molecule has 7 heteroatoms. The van der Waals surface area contributed by atoms with Crippen LogP contribution in [-0.2, 0) is 9.47 Å². The van der Waals surface area contributed by atoms with E-state index in [2.05, 4.69) is 70.0 Å². The molecule has 0 aliphatic heterocycles. The third kappa shape index (κ3) is 9.82. The second-order valence-electron chi connectivity index (χ2n) is 12.6. The van der Waals surface area contributed by atoms with Crippen molar-refractivity contribution in [2.75, 3.05) is 19.0 Å². The lowest BCUT2D eigenvalue weighted by Gasteiger charge is -2.32. The van der Waals surface area contributed by atoms with Crippen LogP contribution >= 0.6 is 0 Å². The molecule has 2 aliphatic rings. The molecule has 0 fully saturated rings. The van der Waals surface area contributed by atoms with Gasteiger partial charge in [-0.25, -0.2) is 4.79 Å². The molecule has 1 unspecified atom stereocenters. The highest BCUT2D eigenvalue weighted by molar-refractivity contribution is 5.90. The standard InChI is InChI=1S/C39H43N3O3.CH4O/c1-6-7-20-45-38(43)28-16-18-32(19-17-28)42-35-24-31(39(3,4)5)23-29-22-30(25-40)34(26-41)36(37(29)35)27(2)13-11-12-21-44-33-14-9-8-10-15-33;1-2/h9,12,14-19,21-23,31,42H,2,6-8,10-11,13,20,24H2,1,3-5H3;2H,1H3/b21-12+;. The molecule has 0 bridgehead atoms. The van der Waals surface area contributed by atoms with Crippen LogP contribution in [0.25, 0.3) is 17.3 Å². The Morgan fingerprint density at radius 3 is 2.51 bits per heavy atom. The summed E-state index contributed by atoms with van der Waals surface area (Å²) in [7, 11) is 1.00. The largest absolute Gasteiger partial charge is 0.466 e. The van der Waals surface area contributed by atoms with E-state index in [1.165, 1.54) is 0 Å². The van der Waals surface area contributed by atoms with Gasteiger partial charge >= 0.3 is 5.97 Å². The molecule has 0 spiro atoms. The molecule has 2 aliphatic carbocycles. The van der Waals surface area contributed by atoms with Crippen LogP contribution in [0.1, 0.15) is 99.7 Å². The van der Waals surface area contributed by atoms with Crippen LogP contribution in [0.3, 0.4) is 0 Å². The number of aliphatic hydroxyl groups excluding tert-OH is 1. The fourth-order valence-corrected chi connectivity index (χ4v) is 5.50. The molecule has 0 aromatic heterocycles. The smallest absolute Gasteiger partial charge is 0.338 e. The first kappa shape index (κ1) is 36.6. The molecule has 0 saturated heterocycles. The Kier molecular flexibility index (Phi) is 13.8. The van der Waals surface area contributed by atoms with Crippen molar-refractivity contribution in [1.29, 1.82) is 10.5 Å². The maximum absolute atomic E-state index is 12.5. The van der Waals surface area contributed by atoms with Crippen LogP contribution in [-0.4, -0.2) is 24.8 Å². The lowest BCUT2D eigenvalue weighted by Crippen LogP contribution is -2.40. The van der Waals surface area contributed by atoms with Gasteiger partial charge in [0.15, 0.2) is 0 Å². The van der Waals surface area contributed by atoms with E-state index in [-0.39, 0.29) is 17.3 Å². The quantitative estimate of drug-likeness (QED) is 0.140. The summed E-state index contributed by atoms with van der Waals surface area (Å²) in [4.78, 5) is 12.5. The van der Waals surface area contributed by atoms with Crippen molar-refractivity contribution in [1.82, 2.24) is 0 Å². The van der Waals surface area contributed by atoms with Crippen molar-refractivity contribution in [3.63, 3.8) is 0 Å². The molecular weight excluding hydrogens is 586 g/mol. The van der Waals surface area contributed by atoms with Crippen molar-refractivity contribution in [3.05, 3.63) is 106 Å². The minimum Gasteiger partial charge on any atom is -0.466 e. The zero-order chi connectivity index (χ0) is 34.4. The van der Waals surface area contributed by atoms with Crippen molar-refractivity contribution in [3.8, 4) is 12.1 Å². The number of unbranched alkanes of at least 4 members (excludes halogenated alkanes) is 1. The van der Waals surface area contributed by atoms with E-state index < -0.39 is 0 Å². The summed E-state index contributed by atoms with van der Waals surface area (Å²) in [5, 5.41) is 32.8. The van der Waals surface area contributed by atoms with Crippen LogP contribution in [0.15, 0.2) is 73.2 Å². The van der Waals surface area contributed by atoms with Crippen LogP contribution in [0.2, 0.25) is 0 Å². The predicted molar refractivity (Wildman–Crippen MR) is 189 cm³/mol. The molecule has 2 aromatic rings. The Morgan fingerprint density at radius 2 is 1.89 bits per heavy atom. The van der Waals surface area contributed by atoms with E-state index in [0.717, 1.165) is 65.9 Å². The van der Waals surface area contributed by atoms with Gasteiger partial charge < -0.3 is 19.9 Å². The summed E-state index contributed by atoms with van der Waals surface area (Å²) in [5.41, 5.74) is 4.42. The summed E-state index contributed by atoms with van der Waals surface area (Å²) in [6.45, 7) is 13.5. The van der Waals surface area contributed by atoms with E-state index in [4.69, 9.17) is 14.6 Å². The number of aliphatic hydroxyl groups is 1. The summed E-state index contributed by atoms with van der Waals surface area (Å²) >= 11 is 0. The van der Waals surface area contributed by atoms with Gasteiger partial charge in [-0.3, -0.25) is 0 Å². The van der Waals surface area contributed by atoms with Gasteiger partial charge in [0.25, 0.3) is 0 Å². The second kappa shape index (κ2) is 17.7. The number of anilines is 1. The van der Waals surface area contributed by atoms with Crippen molar-refractivity contribution < 1.29 is 19.4 Å². The van der Waals surface area contributed by atoms with Crippen molar-refractivity contribution in [2.24, 2.45) is 11.3 Å². The molecule has 0 heterocycles. The number of hydrogen-bond donors (Lipinski definition) is 2. The fourth-order valence-electron chi connectivity index (χ4n) is 5.50. The monoisotopic (exact) mass is 633 g/mol. The van der Waals surface area contributed by atoms with Crippen LogP contribution in [0.5, 0.6) is 0 Å². The van der Waals surface area contributed by atoms with Crippen LogP contribution < -0.4 is 15.8 Å². The molecule has 1 atom stereocenters. The van der Waals surface area contributed by atoms with E-state index in [1.54, 1.807) is 18.4 Å². The van der Waals surface area contributed by atoms with E-state index in [0.29, 0.717) is 48.1 Å². The van der Waals surface area contributed by atoms with Gasteiger partial charge in [0.2, 0.25) is 0 Å². The van der Waals surface area contributed by atoms with Gasteiger partial charge in [-0.1, -0.05) is 52.8 Å². The maximum Gasteiger partial charge on any atom is 0.338 e. The summed E-state index contributed by atoms with van der Waals surface area (Å²) < 4.78 is 11.1. The number of fused-ring (bicyclic) bond motifs is 1. The number of nitrogens with one attached hydrogen (secondary N) is 1. The Bertz CT molecular complexity index is 1730. The van der Waals surface area contributed by atoms with E-state index in [1.807, 2.05) is 30.4 Å². The van der Waals surface area contributed by atoms with Crippen molar-refractivity contribution >= 4 is 29.0 Å². The molecular formula is C40H47N3O4. The lowest BCUT2D eigenvalue weighted by molar-refractivity contribution is 0.0499. The zero-order valence-corrected chi connectivity index (χ0v) is 28.4. The molecule has 0 saturated carbocycles. The molecule has 2 N–H and O–H groups in total. The Labute approximate surface area is 279 Å². The Balaban J connectivity index is 0.00000294. The number of rotatable bonds is 12. The zero-order valence-electron chi connectivity index (χ0n) is 28.4. The van der Waals surface area contributed by atoms with Gasteiger partial charge in [-0.05, 0) is 109 Å². The molecule has 47 heavy (non-hydrogen) atoms. The molecule has 7 nitrogen and oxygen atoms in total. The highest BCUT2D eigenvalue weighted by atomic mass is 16.5. The summed E-state index contributed by atoms with van der Waals surface area (Å²) in [5.74, 6) is 0.694. The first-order valence-corrected chi connectivity index (χ1v) is 16.2. The summed E-state index contributed by atoms with van der Waals surface area (Å²) in [6, 6.07) is 13.7. The second-order valence-corrected chi connectivity index (χ2v) is 12.6. The van der Waals surface area contributed by atoms with Gasteiger partial charge in [0, 0.05) is 29.3 Å². The maximum atomic E-state index is 12.5. The lowest BCUT2D eigenvalue weighted by atomic mass is 9.74. The average Bonchev–Trinajstić information content (AvgIpc) is 3.08. The minimum atomic E-state index is -0.333. The first-order valence-electron chi connectivity index (χ1n) is 16.2. The molecule has 2 aromatic carbocycles. The normalized spacial score (nSPS) is 15.2. The average molecular weight is 634 g/mol. The van der Waals surface area contributed by atoms with Crippen molar-refractivity contribution in [2.45, 2.75) is 72.6 Å².